The molecule has 0 unspecified atom stereocenters. The quantitative estimate of drug-likeness (QED) is 0.435. The molecule has 0 aliphatic rings. The predicted molar refractivity (Wildman–Crippen MR) is 120 cm³/mol. The summed E-state index contributed by atoms with van der Waals surface area (Å²) in [6, 6.07) is 12.2. The zero-order valence-electron chi connectivity index (χ0n) is 17.4. The Hall–Kier alpha value is -2.28. The van der Waals surface area contributed by atoms with Gasteiger partial charge in [0, 0.05) is 17.5 Å². The van der Waals surface area contributed by atoms with Crippen molar-refractivity contribution in [2.45, 2.75) is 46.1 Å². The SMILES string of the molecule is Cc1cc(-c2ccccc2)nc2sc3c(=O)n(CCCCCC[NH3+])c(C)nc3c12.[Cl-]. The van der Waals surface area contributed by atoms with Gasteiger partial charge in [-0.3, -0.25) is 9.36 Å². The molecule has 0 saturated heterocycles. The van der Waals surface area contributed by atoms with Gasteiger partial charge in [-0.15, -0.1) is 11.3 Å². The number of unbranched alkanes of at least 4 members (excludes halogenated alkanes) is 3. The van der Waals surface area contributed by atoms with Crippen LogP contribution < -0.4 is 23.7 Å². The molecule has 30 heavy (non-hydrogen) atoms. The van der Waals surface area contributed by atoms with Gasteiger partial charge in [-0.1, -0.05) is 36.8 Å². The second-order valence-electron chi connectivity index (χ2n) is 7.53. The first-order valence-electron chi connectivity index (χ1n) is 10.3. The molecule has 0 spiro atoms. The number of thiophene rings is 1. The number of hydrogen-bond acceptors (Lipinski definition) is 4. The standard InChI is InChI=1S/C23H26N4OS.ClH/c1-15-14-18(17-10-6-5-7-11-17)26-22-19(15)20-21(29-22)23(28)27(16(2)25-20)13-9-4-3-8-12-24;/h5-7,10-11,14H,3-4,8-9,12-13,24H2,1-2H3;1H. The van der Waals surface area contributed by atoms with Gasteiger partial charge in [0.15, 0.2) is 0 Å². The number of aromatic nitrogens is 3. The number of nitrogens with zero attached hydrogens (tertiary/aromatic N) is 3. The fourth-order valence-electron chi connectivity index (χ4n) is 3.83. The van der Waals surface area contributed by atoms with Gasteiger partial charge in [-0.05, 0) is 44.7 Å². The summed E-state index contributed by atoms with van der Waals surface area (Å²) in [6.07, 6.45) is 4.43. The Morgan fingerprint density at radius 1 is 1.03 bits per heavy atom. The summed E-state index contributed by atoms with van der Waals surface area (Å²) in [7, 11) is 0. The maximum atomic E-state index is 13.2. The molecule has 3 N–H and O–H groups in total. The highest BCUT2D eigenvalue weighted by molar-refractivity contribution is 7.25. The number of halogens is 1. The van der Waals surface area contributed by atoms with E-state index in [0.29, 0.717) is 4.70 Å². The molecule has 0 atom stereocenters. The number of rotatable bonds is 7. The first-order valence-corrected chi connectivity index (χ1v) is 11.1. The van der Waals surface area contributed by atoms with Gasteiger partial charge >= 0.3 is 0 Å². The van der Waals surface area contributed by atoms with Crippen molar-refractivity contribution in [3.8, 4) is 11.3 Å². The van der Waals surface area contributed by atoms with Crippen LogP contribution in [0.5, 0.6) is 0 Å². The maximum Gasteiger partial charge on any atom is 0.271 e. The highest BCUT2D eigenvalue weighted by atomic mass is 35.5. The van der Waals surface area contributed by atoms with E-state index in [4.69, 9.17) is 9.97 Å². The summed E-state index contributed by atoms with van der Waals surface area (Å²) < 4.78 is 2.54. The van der Waals surface area contributed by atoms with Gasteiger partial charge in [-0.25, -0.2) is 9.97 Å². The van der Waals surface area contributed by atoms with E-state index in [1.54, 1.807) is 0 Å². The summed E-state index contributed by atoms with van der Waals surface area (Å²) in [5.41, 5.74) is 7.87. The number of aryl methyl sites for hydroxylation is 2. The molecule has 0 aliphatic carbocycles. The molecule has 3 heterocycles. The van der Waals surface area contributed by atoms with Gasteiger partial charge in [0.25, 0.3) is 5.56 Å². The molecule has 0 radical (unpaired) electrons. The average molecular weight is 443 g/mol. The van der Waals surface area contributed by atoms with Crippen LogP contribution in [-0.4, -0.2) is 21.1 Å². The highest BCUT2D eigenvalue weighted by Gasteiger charge is 2.17. The Kier molecular flexibility index (Phi) is 7.23. The normalized spacial score (nSPS) is 11.2. The van der Waals surface area contributed by atoms with Crippen LogP contribution in [0.3, 0.4) is 0 Å². The van der Waals surface area contributed by atoms with E-state index in [0.717, 1.165) is 70.7 Å². The number of hydrogen-bond donors (Lipinski definition) is 1. The van der Waals surface area contributed by atoms with Gasteiger partial charge in [-0.2, -0.15) is 0 Å². The van der Waals surface area contributed by atoms with Crippen molar-refractivity contribution in [2.24, 2.45) is 0 Å². The van der Waals surface area contributed by atoms with Crippen LogP contribution in [0, 0.1) is 13.8 Å². The monoisotopic (exact) mass is 442 g/mol. The number of quaternary nitrogens is 1. The topological polar surface area (TPSA) is 75.4 Å². The smallest absolute Gasteiger partial charge is 0.271 e. The Morgan fingerprint density at radius 3 is 2.50 bits per heavy atom. The van der Waals surface area contributed by atoms with Crippen LogP contribution in [0.15, 0.2) is 41.2 Å². The van der Waals surface area contributed by atoms with Crippen LogP contribution in [-0.2, 0) is 6.54 Å². The fourth-order valence-corrected chi connectivity index (χ4v) is 4.97. The van der Waals surface area contributed by atoms with E-state index in [2.05, 4.69) is 30.9 Å². The molecule has 4 rings (SSSR count). The molecule has 7 heteroatoms. The van der Waals surface area contributed by atoms with Crippen molar-refractivity contribution >= 4 is 31.8 Å². The molecule has 3 aromatic heterocycles. The van der Waals surface area contributed by atoms with Crippen LogP contribution >= 0.6 is 11.3 Å². The second kappa shape index (κ2) is 9.69. The lowest BCUT2D eigenvalue weighted by Crippen LogP contribution is -3.00. The van der Waals surface area contributed by atoms with Crippen LogP contribution in [0.25, 0.3) is 31.7 Å². The highest BCUT2D eigenvalue weighted by Crippen LogP contribution is 2.34. The summed E-state index contributed by atoms with van der Waals surface area (Å²) in [5.74, 6) is 0.783. The summed E-state index contributed by atoms with van der Waals surface area (Å²) in [4.78, 5) is 23.8. The van der Waals surface area contributed by atoms with E-state index in [9.17, 15) is 4.79 Å². The molecule has 0 bridgehead atoms. The zero-order chi connectivity index (χ0) is 20.4. The van der Waals surface area contributed by atoms with Gasteiger partial charge in [0.05, 0.1) is 17.8 Å². The van der Waals surface area contributed by atoms with Crippen molar-refractivity contribution in [3.63, 3.8) is 0 Å². The molecular formula is C23H27ClN4OS. The third-order valence-corrected chi connectivity index (χ3v) is 6.45. The third kappa shape index (κ3) is 4.26. The summed E-state index contributed by atoms with van der Waals surface area (Å²) >= 11 is 1.47. The Labute approximate surface area is 186 Å². The van der Waals surface area contributed by atoms with E-state index < -0.39 is 0 Å². The minimum absolute atomic E-state index is 0. The van der Waals surface area contributed by atoms with Crippen LogP contribution in [0.1, 0.15) is 37.1 Å². The number of fused-ring (bicyclic) bond motifs is 3. The average Bonchev–Trinajstić information content (AvgIpc) is 3.09. The molecule has 0 aliphatic heterocycles. The van der Waals surface area contributed by atoms with Gasteiger partial charge in [0.2, 0.25) is 0 Å². The molecule has 0 fully saturated rings. The minimum atomic E-state index is 0. The van der Waals surface area contributed by atoms with E-state index >= 15 is 0 Å². The second-order valence-corrected chi connectivity index (χ2v) is 8.53. The number of pyridine rings is 1. The maximum absolute atomic E-state index is 13.2. The zero-order valence-corrected chi connectivity index (χ0v) is 19.0. The minimum Gasteiger partial charge on any atom is -1.00 e. The molecule has 4 aromatic rings. The lowest BCUT2D eigenvalue weighted by atomic mass is 10.1. The molecule has 1 aromatic carbocycles. The van der Waals surface area contributed by atoms with Crippen LogP contribution in [0.2, 0.25) is 0 Å². The lowest BCUT2D eigenvalue weighted by molar-refractivity contribution is -0.368. The first-order chi connectivity index (χ1) is 14.1. The van der Waals surface area contributed by atoms with Crippen LogP contribution in [0.4, 0.5) is 0 Å². The Balaban J connectivity index is 0.00000256. The largest absolute Gasteiger partial charge is 1.00 e. The lowest BCUT2D eigenvalue weighted by Gasteiger charge is -2.09. The van der Waals surface area contributed by atoms with Crippen molar-refractivity contribution in [1.29, 1.82) is 0 Å². The van der Waals surface area contributed by atoms with Gasteiger partial charge < -0.3 is 18.1 Å². The van der Waals surface area contributed by atoms with E-state index in [1.165, 1.54) is 17.8 Å². The molecular weight excluding hydrogens is 416 g/mol. The molecule has 158 valence electrons. The molecule has 0 saturated carbocycles. The van der Waals surface area contributed by atoms with E-state index in [-0.39, 0.29) is 18.0 Å². The summed E-state index contributed by atoms with van der Waals surface area (Å²) in [5, 5.41) is 1.01. The Morgan fingerprint density at radius 2 is 1.77 bits per heavy atom. The first kappa shape index (κ1) is 22.4. The van der Waals surface area contributed by atoms with Crippen molar-refractivity contribution in [1.82, 2.24) is 14.5 Å². The van der Waals surface area contributed by atoms with Crippen molar-refractivity contribution in [2.75, 3.05) is 6.54 Å². The van der Waals surface area contributed by atoms with Crippen molar-refractivity contribution < 1.29 is 18.1 Å². The molecule has 0 amide bonds. The van der Waals surface area contributed by atoms with Gasteiger partial charge in [0.1, 0.15) is 15.4 Å². The third-order valence-electron chi connectivity index (χ3n) is 5.39. The van der Waals surface area contributed by atoms with E-state index in [1.807, 2.05) is 29.7 Å². The molecule has 5 nitrogen and oxygen atoms in total. The fraction of sp³-hybridized carbons (Fsp3) is 0.348. The number of benzene rings is 1. The summed E-state index contributed by atoms with van der Waals surface area (Å²) in [6.45, 7) is 5.71. The predicted octanol–water partition coefficient (Wildman–Crippen LogP) is 1.10. The Bertz CT molecular complexity index is 1220. The van der Waals surface area contributed by atoms with Crippen molar-refractivity contribution in [3.05, 3.63) is 58.1 Å².